The van der Waals surface area contributed by atoms with Crippen molar-refractivity contribution in [2.45, 2.75) is 145 Å². The summed E-state index contributed by atoms with van der Waals surface area (Å²) in [6.45, 7) is 21.6. The summed E-state index contributed by atoms with van der Waals surface area (Å²) in [7, 11) is 1.99. The third-order valence-electron chi connectivity index (χ3n) is 14.4. The van der Waals surface area contributed by atoms with E-state index in [1.165, 1.54) is 32.1 Å². The highest BCUT2D eigenvalue weighted by Gasteiger charge is 2.66. The average molecular weight is 660 g/mol. The molecule has 0 heterocycles. The van der Waals surface area contributed by atoms with E-state index < -0.39 is 11.4 Å². The number of carboxylic acids is 1. The van der Waals surface area contributed by atoms with Crippen LogP contribution in [0.1, 0.15) is 132 Å². The highest BCUT2D eigenvalue weighted by atomic mass is 16.5. The summed E-state index contributed by atoms with van der Waals surface area (Å²) in [5, 5.41) is 13.6. The Bertz CT molecular complexity index is 1060. The second kappa shape index (κ2) is 16.7. The maximum Gasteiger partial charge on any atom is 0.309 e. The van der Waals surface area contributed by atoms with Crippen molar-refractivity contribution >= 4 is 18.4 Å². The van der Waals surface area contributed by atoms with Crippen molar-refractivity contribution in [2.75, 3.05) is 13.7 Å². The normalized spacial score (nSPS) is 44.1. The maximum atomic E-state index is 13.1. The smallest absolute Gasteiger partial charge is 0.309 e. The van der Waals surface area contributed by atoms with E-state index in [2.05, 4.69) is 44.3 Å². The van der Waals surface area contributed by atoms with E-state index in [1.54, 1.807) is 13.0 Å². The fourth-order valence-corrected chi connectivity index (χ4v) is 12.1. The lowest BCUT2D eigenvalue weighted by Gasteiger charge is -2.67. The molecular formula is C40H69NO6. The molecule has 0 aromatic carbocycles. The maximum absolute atomic E-state index is 13.1. The summed E-state index contributed by atoms with van der Waals surface area (Å²) in [6, 6.07) is 0.445. The van der Waals surface area contributed by atoms with Crippen LogP contribution in [0.25, 0.3) is 0 Å². The number of hydrogen-bond acceptors (Lipinski definition) is 6. The molecule has 0 aromatic rings. The fourth-order valence-electron chi connectivity index (χ4n) is 12.1. The van der Waals surface area contributed by atoms with Gasteiger partial charge in [0.15, 0.2) is 0 Å². The summed E-state index contributed by atoms with van der Waals surface area (Å²) in [5.74, 6) is 3.40. The summed E-state index contributed by atoms with van der Waals surface area (Å²) < 4.78 is 10.4. The number of rotatable bonds is 6. The van der Waals surface area contributed by atoms with Crippen LogP contribution in [0.3, 0.4) is 0 Å². The van der Waals surface area contributed by atoms with Crippen molar-refractivity contribution in [3.63, 3.8) is 0 Å². The Morgan fingerprint density at radius 3 is 2.09 bits per heavy atom. The van der Waals surface area contributed by atoms with E-state index in [1.807, 2.05) is 27.8 Å². The minimum Gasteiger partial charge on any atom is -0.481 e. The first-order chi connectivity index (χ1) is 22.4. The number of ether oxygens (including phenoxy) is 2. The third kappa shape index (κ3) is 7.22. The van der Waals surface area contributed by atoms with Crippen molar-refractivity contribution < 1.29 is 29.0 Å². The van der Waals surface area contributed by atoms with Crippen molar-refractivity contribution in [1.29, 1.82) is 0 Å². The molecule has 6 fully saturated rings. The Hall–Kier alpha value is -1.89. The van der Waals surface area contributed by atoms with Crippen molar-refractivity contribution in [2.24, 2.45) is 63.6 Å². The molecule has 0 aliphatic heterocycles. The highest BCUT2D eigenvalue weighted by Crippen LogP contribution is 2.71. The molecule has 0 bridgehead atoms. The molecule has 47 heavy (non-hydrogen) atoms. The predicted octanol–water partition coefficient (Wildman–Crippen LogP) is 8.70. The topological polar surface area (TPSA) is 102 Å². The fraction of sp³-hybridized carbons (Fsp3) is 0.875. The number of aliphatic carboxylic acids is 1. The molecule has 0 radical (unpaired) electrons. The Balaban J connectivity index is 0.000000534. The first-order valence-electron chi connectivity index (χ1n) is 19.1. The second-order valence-electron chi connectivity index (χ2n) is 16.0. The lowest BCUT2D eigenvalue weighted by Crippen LogP contribution is -2.62. The van der Waals surface area contributed by atoms with Crippen molar-refractivity contribution in [3.05, 3.63) is 12.7 Å². The summed E-state index contributed by atoms with van der Waals surface area (Å²) >= 11 is 0. The molecule has 270 valence electrons. The number of fused-ring (bicyclic) bond motifs is 7. The Labute approximate surface area is 286 Å². The summed E-state index contributed by atoms with van der Waals surface area (Å²) in [6.07, 6.45) is 15.0. The van der Waals surface area contributed by atoms with Gasteiger partial charge < -0.3 is 19.9 Å². The van der Waals surface area contributed by atoms with E-state index in [0.717, 1.165) is 44.9 Å². The molecule has 13 atom stereocenters. The van der Waals surface area contributed by atoms with Gasteiger partial charge in [-0.2, -0.15) is 0 Å². The van der Waals surface area contributed by atoms with Gasteiger partial charge in [0.2, 0.25) is 0 Å². The Morgan fingerprint density at radius 1 is 0.915 bits per heavy atom. The quantitative estimate of drug-likeness (QED) is 0.167. The number of carboxylic acid groups (broad SMARTS) is 1. The summed E-state index contributed by atoms with van der Waals surface area (Å²) in [4.78, 5) is 34.7. The number of carbonyl (C=O) groups is 3. The molecule has 6 aliphatic rings. The molecule has 13 unspecified atom stereocenters. The van der Waals surface area contributed by atoms with E-state index in [4.69, 9.17) is 4.74 Å². The molecule has 2 N–H and O–H groups in total. The molecule has 0 amide bonds. The van der Waals surface area contributed by atoms with Crippen LogP contribution in [0.4, 0.5) is 0 Å². The Morgan fingerprint density at radius 2 is 1.53 bits per heavy atom. The standard InChI is InChI=1S/C32H51NO4.C3H6O2.C3H6.C2H6/c1-18-21(17-25(18)33-5)28(34)37-26-12-15-30(3)22(19(26)2)10-14-31(4)23-11-16-32(29(35)36)13-6-7-24(32)20(23)8-9-27(30)31;1-2-5-3-4;1-3-2;1-2/h18-27,33H,6-17H2,1-5H3,(H,35,36);3H,2H2,1H3;3H,1H2,2H3;1-2H3. The largest absolute Gasteiger partial charge is 0.481 e. The van der Waals surface area contributed by atoms with Gasteiger partial charge in [0.1, 0.15) is 6.10 Å². The molecule has 7 nitrogen and oxygen atoms in total. The van der Waals surface area contributed by atoms with Gasteiger partial charge in [-0.15, -0.1) is 6.58 Å². The molecular weight excluding hydrogens is 590 g/mol. The van der Waals surface area contributed by atoms with Crippen LogP contribution in [0, 0.1) is 63.6 Å². The average Bonchev–Trinajstić information content (AvgIpc) is 3.50. The van der Waals surface area contributed by atoms with Gasteiger partial charge >= 0.3 is 11.9 Å². The Kier molecular flexibility index (Phi) is 14.0. The number of nitrogens with one attached hydrogen (secondary N) is 1. The van der Waals surface area contributed by atoms with Crippen molar-refractivity contribution in [3.8, 4) is 0 Å². The zero-order valence-electron chi connectivity index (χ0n) is 31.3. The first kappa shape index (κ1) is 39.5. The molecule has 6 aliphatic carbocycles. The minimum absolute atomic E-state index is 0.0429. The zero-order chi connectivity index (χ0) is 35.2. The SMILES string of the molecule is C=CC.CC.CCOC=O.CNC1CC(C(=O)OC2CCC3(C)C(CCC4(C)C5CCC6(C(=O)O)CCCC6C5CCC34)C2C)C1C. The van der Waals surface area contributed by atoms with E-state index in [0.29, 0.717) is 71.4 Å². The molecule has 0 spiro atoms. The van der Waals surface area contributed by atoms with Gasteiger partial charge in [-0.3, -0.25) is 14.4 Å². The van der Waals surface area contributed by atoms with E-state index in [9.17, 15) is 19.5 Å². The van der Waals surface area contributed by atoms with Crippen LogP contribution < -0.4 is 5.32 Å². The van der Waals surface area contributed by atoms with Crippen LogP contribution in [0.5, 0.6) is 0 Å². The highest BCUT2D eigenvalue weighted by molar-refractivity contribution is 5.76. The number of hydrogen-bond donors (Lipinski definition) is 2. The van der Waals surface area contributed by atoms with Crippen LogP contribution >= 0.6 is 0 Å². The van der Waals surface area contributed by atoms with Crippen LogP contribution in [-0.4, -0.2) is 49.3 Å². The lowest BCUT2D eigenvalue weighted by atomic mass is 9.37. The molecule has 7 heteroatoms. The van der Waals surface area contributed by atoms with E-state index in [-0.39, 0.29) is 18.0 Å². The number of allylic oxidation sites excluding steroid dienone is 1. The molecule has 6 rings (SSSR count). The molecule has 6 saturated carbocycles. The van der Waals surface area contributed by atoms with Gasteiger partial charge in [0, 0.05) is 6.04 Å². The van der Waals surface area contributed by atoms with Gasteiger partial charge in [-0.05, 0) is 144 Å². The van der Waals surface area contributed by atoms with E-state index >= 15 is 0 Å². The number of carbonyl (C=O) groups excluding carboxylic acids is 2. The molecule has 0 aromatic heterocycles. The lowest BCUT2D eigenvalue weighted by molar-refractivity contribution is -0.206. The number of esters is 1. The molecule has 0 saturated heterocycles. The van der Waals surface area contributed by atoms with Gasteiger partial charge in [0.25, 0.3) is 6.47 Å². The third-order valence-corrected chi connectivity index (χ3v) is 14.4. The second-order valence-corrected chi connectivity index (χ2v) is 16.0. The minimum atomic E-state index is -0.504. The summed E-state index contributed by atoms with van der Waals surface area (Å²) in [5.41, 5.74) is 0.208. The van der Waals surface area contributed by atoms with Gasteiger partial charge in [0.05, 0.1) is 17.9 Å². The zero-order valence-corrected chi connectivity index (χ0v) is 31.3. The van der Waals surface area contributed by atoms with Gasteiger partial charge in [-0.25, -0.2) is 0 Å². The van der Waals surface area contributed by atoms with Crippen LogP contribution in [0.2, 0.25) is 0 Å². The first-order valence-corrected chi connectivity index (χ1v) is 19.1. The van der Waals surface area contributed by atoms with Crippen molar-refractivity contribution in [1.82, 2.24) is 5.32 Å². The van der Waals surface area contributed by atoms with Gasteiger partial charge in [-0.1, -0.05) is 54.0 Å². The predicted molar refractivity (Wildman–Crippen MR) is 189 cm³/mol. The van der Waals surface area contributed by atoms with Crippen LogP contribution in [-0.2, 0) is 23.9 Å². The van der Waals surface area contributed by atoms with Crippen LogP contribution in [0.15, 0.2) is 12.7 Å². The monoisotopic (exact) mass is 660 g/mol.